The van der Waals surface area contributed by atoms with Gasteiger partial charge in [0, 0.05) is 36.6 Å². The fourth-order valence-electron chi connectivity index (χ4n) is 4.11. The van der Waals surface area contributed by atoms with Crippen LogP contribution in [0.3, 0.4) is 0 Å². The lowest BCUT2D eigenvalue weighted by molar-refractivity contribution is 0.220. The molecule has 2 aromatic heterocycles. The van der Waals surface area contributed by atoms with E-state index in [4.69, 9.17) is 9.05 Å². The van der Waals surface area contributed by atoms with Gasteiger partial charge in [0.1, 0.15) is 11.5 Å². The molecule has 0 atom stereocenters. The summed E-state index contributed by atoms with van der Waals surface area (Å²) in [5.41, 5.74) is 5.59. The number of benzene rings is 2. The third kappa shape index (κ3) is 3.33. The molecule has 0 unspecified atom stereocenters. The van der Waals surface area contributed by atoms with E-state index >= 15 is 0 Å². The van der Waals surface area contributed by atoms with Crippen LogP contribution in [-0.4, -0.2) is 26.7 Å². The van der Waals surface area contributed by atoms with Gasteiger partial charge in [-0.15, -0.1) is 0 Å². The first kappa shape index (κ1) is 17.6. The number of nitrogens with zero attached hydrogens (tertiary/aromatic N) is 4. The summed E-state index contributed by atoms with van der Waals surface area (Å²) in [4.78, 5) is 6.91. The van der Waals surface area contributed by atoms with Crippen LogP contribution in [0.15, 0.2) is 63.6 Å². The van der Waals surface area contributed by atoms with E-state index in [9.17, 15) is 0 Å². The van der Waals surface area contributed by atoms with E-state index in [1.807, 2.05) is 6.07 Å². The van der Waals surface area contributed by atoms with E-state index in [1.54, 1.807) is 0 Å². The molecule has 0 bridgehead atoms. The molecule has 4 aromatic rings. The molecule has 1 saturated carbocycles. The van der Waals surface area contributed by atoms with Crippen LogP contribution >= 0.6 is 0 Å². The zero-order valence-corrected chi connectivity index (χ0v) is 16.6. The van der Waals surface area contributed by atoms with Gasteiger partial charge in [0.25, 0.3) is 0 Å². The Morgan fingerprint density at radius 3 is 2.43 bits per heavy atom. The molecule has 0 N–H and O–H groups in total. The molecule has 150 valence electrons. The van der Waals surface area contributed by atoms with Gasteiger partial charge in [0.2, 0.25) is 5.89 Å². The summed E-state index contributed by atoms with van der Waals surface area (Å²) in [6, 6.07) is 18.9. The molecule has 2 aliphatic rings. The second kappa shape index (κ2) is 7.22. The average molecular weight is 398 g/mol. The third-order valence-corrected chi connectivity index (χ3v) is 5.95. The van der Waals surface area contributed by atoms with Gasteiger partial charge in [0.05, 0.1) is 6.54 Å². The topological polar surface area (TPSA) is 68.2 Å². The highest BCUT2D eigenvalue weighted by Gasteiger charge is 2.30. The van der Waals surface area contributed by atoms with E-state index in [0.29, 0.717) is 12.5 Å². The molecule has 6 heteroatoms. The Bertz CT molecular complexity index is 1160. The Morgan fingerprint density at radius 2 is 1.63 bits per heavy atom. The lowest BCUT2D eigenvalue weighted by atomic mass is 9.99. The lowest BCUT2D eigenvalue weighted by Crippen LogP contribution is -2.30. The normalized spacial score (nSPS) is 16.5. The quantitative estimate of drug-likeness (QED) is 0.480. The van der Waals surface area contributed by atoms with Crippen molar-refractivity contribution in [2.45, 2.75) is 38.3 Å². The van der Waals surface area contributed by atoms with E-state index in [1.165, 1.54) is 29.5 Å². The molecule has 0 amide bonds. The van der Waals surface area contributed by atoms with Crippen LogP contribution in [0.1, 0.15) is 41.8 Å². The van der Waals surface area contributed by atoms with Gasteiger partial charge in [0.15, 0.2) is 5.82 Å². The third-order valence-electron chi connectivity index (χ3n) is 5.95. The first-order valence-electron chi connectivity index (χ1n) is 10.5. The smallest absolute Gasteiger partial charge is 0.229 e. The van der Waals surface area contributed by atoms with Crippen molar-refractivity contribution in [3.05, 3.63) is 77.6 Å². The highest BCUT2D eigenvalue weighted by Crippen LogP contribution is 2.39. The Labute approximate surface area is 174 Å². The van der Waals surface area contributed by atoms with Gasteiger partial charge in [-0.05, 0) is 24.0 Å². The van der Waals surface area contributed by atoms with Crippen LogP contribution in [0.5, 0.6) is 0 Å². The van der Waals surface area contributed by atoms with Crippen LogP contribution < -0.4 is 0 Å². The van der Waals surface area contributed by atoms with Crippen molar-refractivity contribution in [2.24, 2.45) is 0 Å². The van der Waals surface area contributed by atoms with Gasteiger partial charge in [-0.3, -0.25) is 4.90 Å². The van der Waals surface area contributed by atoms with Gasteiger partial charge >= 0.3 is 0 Å². The summed E-state index contributed by atoms with van der Waals surface area (Å²) in [6.07, 6.45) is 3.18. The summed E-state index contributed by atoms with van der Waals surface area (Å²) in [6.45, 7) is 2.37. The number of rotatable bonds is 5. The van der Waals surface area contributed by atoms with Crippen molar-refractivity contribution in [1.29, 1.82) is 0 Å². The first-order chi connectivity index (χ1) is 14.8. The van der Waals surface area contributed by atoms with E-state index in [0.717, 1.165) is 48.2 Å². The summed E-state index contributed by atoms with van der Waals surface area (Å²) in [5, 5.41) is 8.56. The van der Waals surface area contributed by atoms with Gasteiger partial charge in [-0.1, -0.05) is 64.9 Å². The Hall–Kier alpha value is -3.25. The molecule has 30 heavy (non-hydrogen) atoms. The number of hydrogen-bond acceptors (Lipinski definition) is 6. The molecule has 0 saturated heterocycles. The van der Waals surface area contributed by atoms with Crippen molar-refractivity contribution in [2.75, 3.05) is 6.54 Å². The van der Waals surface area contributed by atoms with Crippen LogP contribution in [-0.2, 0) is 19.5 Å². The molecule has 3 heterocycles. The summed E-state index contributed by atoms with van der Waals surface area (Å²) >= 11 is 0. The molecule has 2 aromatic carbocycles. The van der Waals surface area contributed by atoms with Crippen LogP contribution in [0.25, 0.3) is 22.4 Å². The largest absolute Gasteiger partial charge is 0.360 e. The van der Waals surface area contributed by atoms with Crippen molar-refractivity contribution >= 4 is 0 Å². The Balaban J connectivity index is 1.21. The van der Waals surface area contributed by atoms with Gasteiger partial charge in [-0.25, -0.2) is 0 Å². The minimum absolute atomic E-state index is 0.489. The molecule has 0 radical (unpaired) electrons. The maximum Gasteiger partial charge on any atom is 0.229 e. The summed E-state index contributed by atoms with van der Waals surface area (Å²) in [5.74, 6) is 3.04. The highest BCUT2D eigenvalue weighted by molar-refractivity contribution is 5.70. The van der Waals surface area contributed by atoms with Crippen molar-refractivity contribution < 1.29 is 9.05 Å². The predicted octanol–water partition coefficient (Wildman–Crippen LogP) is 4.83. The standard InChI is InChI=1S/C24H22N4O2/c1-2-4-16(5-3-1)17-6-8-18(9-7-17)23-20-14-28(13-12-21(20)29-27-23)15-22-25-24(30-26-22)19-10-11-19/h1-9,19H,10-15H2. The zero-order valence-electron chi connectivity index (χ0n) is 16.6. The minimum atomic E-state index is 0.489. The molecular weight excluding hydrogens is 376 g/mol. The fraction of sp³-hybridized carbons (Fsp3) is 0.292. The number of fused-ring (bicyclic) bond motifs is 1. The van der Waals surface area contributed by atoms with E-state index in [2.05, 4.69) is 68.7 Å². The molecule has 1 aliphatic heterocycles. The Morgan fingerprint density at radius 1 is 0.867 bits per heavy atom. The first-order valence-corrected chi connectivity index (χ1v) is 10.5. The molecular formula is C24H22N4O2. The van der Waals surface area contributed by atoms with Crippen molar-refractivity contribution in [3.8, 4) is 22.4 Å². The second-order valence-electron chi connectivity index (χ2n) is 8.16. The van der Waals surface area contributed by atoms with Gasteiger partial charge < -0.3 is 9.05 Å². The monoisotopic (exact) mass is 398 g/mol. The number of hydrogen-bond donors (Lipinski definition) is 0. The van der Waals surface area contributed by atoms with Crippen molar-refractivity contribution in [1.82, 2.24) is 20.2 Å². The highest BCUT2D eigenvalue weighted by atomic mass is 16.5. The second-order valence-corrected chi connectivity index (χ2v) is 8.16. The average Bonchev–Trinajstić information content (AvgIpc) is 3.40. The van der Waals surface area contributed by atoms with E-state index in [-0.39, 0.29) is 0 Å². The molecule has 6 nitrogen and oxygen atoms in total. The van der Waals surface area contributed by atoms with Crippen LogP contribution in [0, 0.1) is 0 Å². The molecule has 0 spiro atoms. The summed E-state index contributed by atoms with van der Waals surface area (Å²) in [7, 11) is 0. The zero-order chi connectivity index (χ0) is 19.9. The maximum absolute atomic E-state index is 5.67. The fourth-order valence-corrected chi connectivity index (χ4v) is 4.11. The van der Waals surface area contributed by atoms with Crippen LogP contribution in [0.4, 0.5) is 0 Å². The Kier molecular flexibility index (Phi) is 4.23. The van der Waals surface area contributed by atoms with Crippen LogP contribution in [0.2, 0.25) is 0 Å². The molecule has 1 fully saturated rings. The lowest BCUT2D eigenvalue weighted by Gasteiger charge is -2.24. The van der Waals surface area contributed by atoms with Gasteiger partial charge in [-0.2, -0.15) is 4.98 Å². The maximum atomic E-state index is 5.67. The van der Waals surface area contributed by atoms with E-state index < -0.39 is 0 Å². The molecule has 1 aliphatic carbocycles. The molecule has 6 rings (SSSR count). The SMILES string of the molecule is c1ccc(-c2ccc(-c3noc4c3CN(Cc3noc(C5CC5)n3)CC4)cc2)cc1. The number of aromatic nitrogens is 3. The predicted molar refractivity (Wildman–Crippen MR) is 111 cm³/mol. The summed E-state index contributed by atoms with van der Waals surface area (Å²) < 4.78 is 11.1. The minimum Gasteiger partial charge on any atom is -0.360 e. The van der Waals surface area contributed by atoms with Crippen molar-refractivity contribution in [3.63, 3.8) is 0 Å².